The van der Waals surface area contributed by atoms with Crippen molar-refractivity contribution < 1.29 is 14.3 Å². The predicted octanol–water partition coefficient (Wildman–Crippen LogP) is 3.16. The molecule has 1 atom stereocenters. The van der Waals surface area contributed by atoms with Gasteiger partial charge in [-0.3, -0.25) is 4.79 Å². The summed E-state index contributed by atoms with van der Waals surface area (Å²) in [5, 5.41) is 10.1. The zero-order chi connectivity index (χ0) is 20.0. The second-order valence-electron chi connectivity index (χ2n) is 5.96. The number of alkyl halides is 1. The quantitative estimate of drug-likeness (QED) is 0.601. The van der Waals surface area contributed by atoms with Crippen LogP contribution in [0.5, 0.6) is 5.75 Å². The number of likely N-dealkylation sites (tertiary alicyclic amines) is 1. The summed E-state index contributed by atoms with van der Waals surface area (Å²) >= 11 is 5.94. The van der Waals surface area contributed by atoms with E-state index in [4.69, 9.17) is 23.1 Å². The summed E-state index contributed by atoms with van der Waals surface area (Å²) in [6.07, 6.45) is 4.07. The van der Waals surface area contributed by atoms with Crippen molar-refractivity contribution in [3.05, 3.63) is 59.3 Å². The Kier molecular flexibility index (Phi) is 6.90. The number of benzene rings is 1. The molecule has 1 saturated heterocycles. The van der Waals surface area contributed by atoms with Crippen molar-refractivity contribution in [2.75, 3.05) is 18.8 Å². The molecule has 6 N–H and O–H groups in total. The number of para-hydroxylation sites is 1. The maximum absolute atomic E-state index is 12.4. The van der Waals surface area contributed by atoms with Gasteiger partial charge in [-0.15, -0.1) is 0 Å². The number of nitrogens with two attached hydrogens (primary N) is 2. The summed E-state index contributed by atoms with van der Waals surface area (Å²) in [5.74, 6) is 0.389. The molecule has 0 radical (unpaired) electrons. The molecule has 8 heteroatoms. The third-order valence-electron chi connectivity index (χ3n) is 4.03. The predicted molar refractivity (Wildman–Crippen MR) is 107 cm³/mol. The van der Waals surface area contributed by atoms with Crippen molar-refractivity contribution in [3.8, 4) is 5.75 Å². The number of H-pyrrole nitrogens is 1. The van der Waals surface area contributed by atoms with E-state index in [0.29, 0.717) is 40.6 Å². The first kappa shape index (κ1) is 20.4. The van der Waals surface area contributed by atoms with E-state index >= 15 is 0 Å². The lowest BCUT2D eigenvalue weighted by molar-refractivity contribution is -0.125. The van der Waals surface area contributed by atoms with Gasteiger partial charge < -0.3 is 26.5 Å². The average molecular weight is 393 g/mol. The van der Waals surface area contributed by atoms with E-state index in [1.807, 2.05) is 0 Å². The number of halogens is 2. The number of phenols is 1. The molecule has 0 aliphatic carbocycles. The van der Waals surface area contributed by atoms with Crippen LogP contribution in [0.15, 0.2) is 43.1 Å². The number of nitrogen functional groups attached to an aromatic ring is 1. The van der Waals surface area contributed by atoms with Gasteiger partial charge in [0.25, 0.3) is 0 Å². The zero-order valence-corrected chi connectivity index (χ0v) is 15.4. The summed E-state index contributed by atoms with van der Waals surface area (Å²) in [5.41, 5.74) is 13.2. The maximum atomic E-state index is 12.4. The number of aromatic hydroxyl groups is 1. The lowest BCUT2D eigenvalue weighted by Gasteiger charge is -2.10. The first-order valence-corrected chi connectivity index (χ1v) is 8.64. The Balaban J connectivity index is 0.000000223. The van der Waals surface area contributed by atoms with Crippen molar-refractivity contribution >= 4 is 35.1 Å². The molecule has 1 amide bonds. The van der Waals surface area contributed by atoms with Gasteiger partial charge in [0, 0.05) is 29.6 Å². The van der Waals surface area contributed by atoms with Gasteiger partial charge in [0.15, 0.2) is 0 Å². The third kappa shape index (κ3) is 5.27. The standard InChI is InChI=1S/C12H12ClN3O.C7H10FNO/c13-9-6-16-12(15)8(9)5-10(14)7-3-1-2-4-11(7)17;1-2-7(10)9-4-3-6(8)5-9/h1-6,16-17H,14-15H2;2,6H,1,3-5H2/b10-5-;. The Labute approximate surface area is 161 Å². The van der Waals surface area contributed by atoms with Crippen LogP contribution in [-0.2, 0) is 4.79 Å². The first-order valence-electron chi connectivity index (χ1n) is 8.26. The molecule has 1 fully saturated rings. The molecular weight excluding hydrogens is 371 g/mol. The van der Waals surface area contributed by atoms with Crippen molar-refractivity contribution in [3.63, 3.8) is 0 Å². The highest BCUT2D eigenvalue weighted by Gasteiger charge is 2.23. The fraction of sp³-hybridized carbons (Fsp3) is 0.211. The maximum Gasteiger partial charge on any atom is 0.246 e. The minimum absolute atomic E-state index is 0.117. The number of nitrogens with zero attached hydrogens (tertiary/aromatic N) is 1. The van der Waals surface area contributed by atoms with E-state index in [1.165, 1.54) is 11.0 Å². The Morgan fingerprint density at radius 1 is 1.44 bits per heavy atom. The number of carbonyl (C=O) groups excluding carboxylic acids is 1. The summed E-state index contributed by atoms with van der Waals surface area (Å²) in [7, 11) is 0. The van der Waals surface area contributed by atoms with Crippen molar-refractivity contribution in [1.29, 1.82) is 0 Å². The Morgan fingerprint density at radius 2 is 2.15 bits per heavy atom. The summed E-state index contributed by atoms with van der Waals surface area (Å²) < 4.78 is 12.4. The molecule has 2 heterocycles. The third-order valence-corrected chi connectivity index (χ3v) is 4.35. The number of amides is 1. The molecule has 1 unspecified atom stereocenters. The minimum Gasteiger partial charge on any atom is -0.507 e. The normalized spacial score (nSPS) is 16.6. The fourth-order valence-corrected chi connectivity index (χ4v) is 2.78. The van der Waals surface area contributed by atoms with E-state index in [1.54, 1.807) is 36.5 Å². The molecule has 2 aromatic rings. The summed E-state index contributed by atoms with van der Waals surface area (Å²) in [6.45, 7) is 4.09. The lowest BCUT2D eigenvalue weighted by atomic mass is 10.1. The van der Waals surface area contributed by atoms with Crippen LogP contribution in [-0.4, -0.2) is 40.2 Å². The molecular formula is C19H22ClFN4O2. The number of aromatic nitrogens is 1. The lowest BCUT2D eigenvalue weighted by Crippen LogP contribution is -2.26. The smallest absolute Gasteiger partial charge is 0.246 e. The van der Waals surface area contributed by atoms with Crippen LogP contribution in [0.4, 0.5) is 10.2 Å². The van der Waals surface area contributed by atoms with Crippen LogP contribution in [0.3, 0.4) is 0 Å². The Bertz CT molecular complexity index is 830. The van der Waals surface area contributed by atoms with Gasteiger partial charge in [0.05, 0.1) is 11.6 Å². The first-order chi connectivity index (χ1) is 12.8. The van der Waals surface area contributed by atoms with Gasteiger partial charge in [-0.2, -0.15) is 0 Å². The number of anilines is 1. The van der Waals surface area contributed by atoms with Crippen LogP contribution in [0.1, 0.15) is 17.5 Å². The molecule has 0 bridgehead atoms. The molecule has 1 aromatic carbocycles. The van der Waals surface area contributed by atoms with E-state index in [9.17, 15) is 14.3 Å². The zero-order valence-electron chi connectivity index (χ0n) is 14.7. The minimum atomic E-state index is -0.830. The van der Waals surface area contributed by atoms with Crippen molar-refractivity contribution in [1.82, 2.24) is 9.88 Å². The summed E-state index contributed by atoms with van der Waals surface area (Å²) in [4.78, 5) is 15.1. The number of aromatic amines is 1. The highest BCUT2D eigenvalue weighted by molar-refractivity contribution is 6.32. The number of hydrogen-bond acceptors (Lipinski definition) is 4. The van der Waals surface area contributed by atoms with E-state index < -0.39 is 6.17 Å². The number of phenolic OH excluding ortho intramolecular Hbond substituents is 1. The van der Waals surface area contributed by atoms with Gasteiger partial charge in [-0.25, -0.2) is 4.39 Å². The highest BCUT2D eigenvalue weighted by Crippen LogP contribution is 2.28. The topological polar surface area (TPSA) is 108 Å². The monoisotopic (exact) mass is 392 g/mol. The second kappa shape index (κ2) is 9.14. The van der Waals surface area contributed by atoms with Crippen LogP contribution in [0.25, 0.3) is 11.8 Å². The molecule has 3 rings (SSSR count). The Hall–Kier alpha value is -2.93. The number of hydrogen-bond donors (Lipinski definition) is 4. The van der Waals surface area contributed by atoms with Crippen molar-refractivity contribution in [2.24, 2.45) is 5.73 Å². The highest BCUT2D eigenvalue weighted by atomic mass is 35.5. The van der Waals surface area contributed by atoms with Crippen molar-refractivity contribution in [2.45, 2.75) is 12.6 Å². The van der Waals surface area contributed by atoms with Crippen LogP contribution in [0.2, 0.25) is 5.02 Å². The van der Waals surface area contributed by atoms with E-state index in [2.05, 4.69) is 11.6 Å². The van der Waals surface area contributed by atoms with Crippen LogP contribution >= 0.6 is 11.6 Å². The van der Waals surface area contributed by atoms with Gasteiger partial charge in [-0.05, 0) is 30.7 Å². The number of carbonyl (C=O) groups is 1. The molecule has 0 spiro atoms. The average Bonchev–Trinajstić information content (AvgIpc) is 3.22. The van der Waals surface area contributed by atoms with Gasteiger partial charge in [-0.1, -0.05) is 30.3 Å². The molecule has 27 heavy (non-hydrogen) atoms. The van der Waals surface area contributed by atoms with Gasteiger partial charge in [0.1, 0.15) is 17.7 Å². The van der Waals surface area contributed by atoms with Gasteiger partial charge in [0.2, 0.25) is 5.91 Å². The molecule has 1 aliphatic rings. The number of nitrogens with one attached hydrogen (secondary N) is 1. The molecule has 1 aliphatic heterocycles. The molecule has 144 valence electrons. The van der Waals surface area contributed by atoms with Crippen LogP contribution in [0, 0.1) is 0 Å². The van der Waals surface area contributed by atoms with Gasteiger partial charge >= 0.3 is 0 Å². The SMILES string of the molecule is C=CC(=O)N1CCC(F)C1.N/C(=C\c1c(Cl)c[nH]c1N)c1ccccc1O. The largest absolute Gasteiger partial charge is 0.507 e. The van der Waals surface area contributed by atoms with E-state index in [0.717, 1.165) is 0 Å². The Morgan fingerprint density at radius 3 is 2.67 bits per heavy atom. The summed E-state index contributed by atoms with van der Waals surface area (Å²) in [6, 6.07) is 6.80. The second-order valence-corrected chi connectivity index (χ2v) is 6.36. The number of rotatable bonds is 3. The molecule has 6 nitrogen and oxygen atoms in total. The molecule has 1 aromatic heterocycles. The van der Waals surface area contributed by atoms with Crippen LogP contribution < -0.4 is 11.5 Å². The van der Waals surface area contributed by atoms with E-state index in [-0.39, 0.29) is 18.2 Å². The fourth-order valence-electron chi connectivity index (χ4n) is 2.57. The molecule has 0 saturated carbocycles.